The molecule has 6 nitrogen and oxygen atoms in total. The van der Waals surface area contributed by atoms with Gasteiger partial charge in [0.1, 0.15) is 5.15 Å². The van der Waals surface area contributed by atoms with E-state index in [9.17, 15) is 9.59 Å². The van der Waals surface area contributed by atoms with Gasteiger partial charge in [-0.2, -0.15) is 0 Å². The molecule has 0 aromatic carbocycles. The van der Waals surface area contributed by atoms with Crippen LogP contribution in [0.4, 0.5) is 10.5 Å². The van der Waals surface area contributed by atoms with Crippen molar-refractivity contribution in [1.29, 1.82) is 0 Å². The summed E-state index contributed by atoms with van der Waals surface area (Å²) >= 11 is 5.84. The van der Waals surface area contributed by atoms with Gasteiger partial charge in [-0.25, -0.2) is 9.78 Å². The van der Waals surface area contributed by atoms with Gasteiger partial charge in [-0.3, -0.25) is 4.79 Å². The molecule has 1 aromatic rings. The van der Waals surface area contributed by atoms with Gasteiger partial charge >= 0.3 is 6.09 Å². The number of aromatic nitrogens is 1. The van der Waals surface area contributed by atoms with Gasteiger partial charge in [0.25, 0.3) is 0 Å². The first-order valence-corrected chi connectivity index (χ1v) is 6.18. The lowest BCUT2D eigenvalue weighted by molar-refractivity contribution is 0.112. The smallest absolute Gasteiger partial charge is 0.405 e. The number of aldehydes is 1. The van der Waals surface area contributed by atoms with E-state index in [2.05, 4.69) is 10.3 Å². The van der Waals surface area contributed by atoms with E-state index in [1.54, 1.807) is 6.07 Å². The number of carboxylic acid groups (broad SMARTS) is 1. The highest BCUT2D eigenvalue weighted by atomic mass is 35.5. The first kappa shape index (κ1) is 13.6. The summed E-state index contributed by atoms with van der Waals surface area (Å²) in [6.07, 6.45) is 1.76. The molecule has 1 unspecified atom stereocenters. The fourth-order valence-electron chi connectivity index (χ4n) is 2.32. The van der Waals surface area contributed by atoms with Crippen molar-refractivity contribution in [3.63, 3.8) is 0 Å². The van der Waals surface area contributed by atoms with E-state index in [1.165, 1.54) is 6.20 Å². The van der Waals surface area contributed by atoms with Crippen molar-refractivity contribution in [2.24, 2.45) is 0 Å². The molecule has 1 aliphatic rings. The lowest BCUT2D eigenvalue weighted by atomic mass is 10.0. The lowest BCUT2D eigenvalue weighted by Crippen LogP contribution is -2.47. The van der Waals surface area contributed by atoms with Crippen molar-refractivity contribution in [2.75, 3.05) is 18.0 Å². The molecule has 0 radical (unpaired) electrons. The van der Waals surface area contributed by atoms with Gasteiger partial charge in [0.2, 0.25) is 0 Å². The third-order valence-corrected chi connectivity index (χ3v) is 3.43. The quantitative estimate of drug-likeness (QED) is 0.653. The first-order chi connectivity index (χ1) is 8.93. The zero-order valence-electron chi connectivity index (χ0n) is 10.4. The SMILES string of the molecule is CC1(NC(=O)O)CCN(c2cc(Cl)ncc2C=O)C1. The Bertz CT molecular complexity index is 523. The second-order valence-corrected chi connectivity index (χ2v) is 5.23. The number of anilines is 1. The molecule has 1 saturated heterocycles. The van der Waals surface area contributed by atoms with Crippen LogP contribution in [0, 0.1) is 0 Å². The Hall–Kier alpha value is -1.82. The standard InChI is InChI=1S/C12H14ClN3O3/c1-12(15-11(18)19)2-3-16(7-12)9-4-10(13)14-5-8(9)6-17/h4-6,15H,2-3,7H2,1H3,(H,18,19). The molecular weight excluding hydrogens is 270 g/mol. The maximum absolute atomic E-state index is 11.0. The molecule has 1 aromatic heterocycles. The minimum absolute atomic E-state index is 0.306. The number of rotatable bonds is 3. The summed E-state index contributed by atoms with van der Waals surface area (Å²) in [4.78, 5) is 27.6. The van der Waals surface area contributed by atoms with E-state index in [-0.39, 0.29) is 0 Å². The largest absolute Gasteiger partial charge is 0.465 e. The Morgan fingerprint density at radius 1 is 1.68 bits per heavy atom. The van der Waals surface area contributed by atoms with Crippen LogP contribution in [0.25, 0.3) is 0 Å². The molecular formula is C12H14ClN3O3. The number of nitrogens with zero attached hydrogens (tertiary/aromatic N) is 2. The third-order valence-electron chi connectivity index (χ3n) is 3.23. The summed E-state index contributed by atoms with van der Waals surface area (Å²) in [5.74, 6) is 0. The molecule has 0 bridgehead atoms. The van der Waals surface area contributed by atoms with E-state index >= 15 is 0 Å². The predicted octanol–water partition coefficient (Wildman–Crippen LogP) is 1.78. The molecule has 2 rings (SSSR count). The average molecular weight is 284 g/mol. The van der Waals surface area contributed by atoms with Crippen LogP contribution in [0.1, 0.15) is 23.7 Å². The number of amides is 1. The molecule has 2 N–H and O–H groups in total. The maximum Gasteiger partial charge on any atom is 0.405 e. The summed E-state index contributed by atoms with van der Waals surface area (Å²) in [7, 11) is 0. The number of carbonyl (C=O) groups excluding carboxylic acids is 1. The van der Waals surface area contributed by atoms with Crippen LogP contribution in [0.15, 0.2) is 12.3 Å². The number of halogens is 1. The molecule has 2 heterocycles. The second-order valence-electron chi connectivity index (χ2n) is 4.85. The van der Waals surface area contributed by atoms with E-state index in [0.29, 0.717) is 35.9 Å². The Balaban J connectivity index is 2.23. The summed E-state index contributed by atoms with van der Waals surface area (Å²) in [6.45, 7) is 2.98. The van der Waals surface area contributed by atoms with Crippen molar-refractivity contribution in [2.45, 2.75) is 18.9 Å². The summed E-state index contributed by atoms with van der Waals surface area (Å²) < 4.78 is 0. The van der Waals surface area contributed by atoms with Crippen LogP contribution in [0.2, 0.25) is 5.15 Å². The molecule has 7 heteroatoms. The van der Waals surface area contributed by atoms with Crippen LogP contribution < -0.4 is 10.2 Å². The number of pyridine rings is 1. The van der Waals surface area contributed by atoms with Gasteiger partial charge in [0.05, 0.1) is 16.8 Å². The minimum atomic E-state index is -1.05. The second kappa shape index (κ2) is 5.05. The fourth-order valence-corrected chi connectivity index (χ4v) is 2.47. The molecule has 0 saturated carbocycles. The van der Waals surface area contributed by atoms with Crippen molar-refractivity contribution in [3.8, 4) is 0 Å². The molecule has 19 heavy (non-hydrogen) atoms. The van der Waals surface area contributed by atoms with Crippen LogP contribution in [0.5, 0.6) is 0 Å². The number of hydrogen-bond donors (Lipinski definition) is 2. The van der Waals surface area contributed by atoms with Crippen LogP contribution in [-0.2, 0) is 0 Å². The third kappa shape index (κ3) is 2.96. The molecule has 0 spiro atoms. The van der Waals surface area contributed by atoms with E-state index < -0.39 is 11.6 Å². The Kier molecular flexibility index (Phi) is 3.61. The predicted molar refractivity (Wildman–Crippen MR) is 71.0 cm³/mol. The summed E-state index contributed by atoms with van der Waals surface area (Å²) in [5.41, 5.74) is 0.608. The lowest BCUT2D eigenvalue weighted by Gasteiger charge is -2.26. The zero-order valence-corrected chi connectivity index (χ0v) is 11.1. The van der Waals surface area contributed by atoms with Gasteiger partial charge in [-0.05, 0) is 19.4 Å². The van der Waals surface area contributed by atoms with E-state index in [4.69, 9.17) is 16.7 Å². The molecule has 1 fully saturated rings. The fraction of sp³-hybridized carbons (Fsp3) is 0.417. The van der Waals surface area contributed by atoms with Crippen LogP contribution in [-0.4, -0.2) is 41.1 Å². The van der Waals surface area contributed by atoms with Crippen molar-refractivity contribution >= 4 is 29.7 Å². The molecule has 0 aliphatic carbocycles. The highest BCUT2D eigenvalue weighted by Gasteiger charge is 2.36. The van der Waals surface area contributed by atoms with E-state index in [0.717, 1.165) is 6.29 Å². The summed E-state index contributed by atoms with van der Waals surface area (Å²) in [6, 6.07) is 1.62. The first-order valence-electron chi connectivity index (χ1n) is 5.80. The molecule has 1 aliphatic heterocycles. The van der Waals surface area contributed by atoms with Crippen LogP contribution >= 0.6 is 11.6 Å². The molecule has 1 amide bonds. The highest BCUT2D eigenvalue weighted by molar-refractivity contribution is 6.29. The van der Waals surface area contributed by atoms with Crippen molar-refractivity contribution in [1.82, 2.24) is 10.3 Å². The Morgan fingerprint density at radius 3 is 3.05 bits per heavy atom. The topological polar surface area (TPSA) is 82.5 Å². The van der Waals surface area contributed by atoms with Gasteiger partial charge in [0.15, 0.2) is 6.29 Å². The Morgan fingerprint density at radius 2 is 2.42 bits per heavy atom. The van der Waals surface area contributed by atoms with Gasteiger partial charge in [-0.1, -0.05) is 11.6 Å². The maximum atomic E-state index is 11.0. The van der Waals surface area contributed by atoms with Crippen molar-refractivity contribution < 1.29 is 14.7 Å². The number of hydrogen-bond acceptors (Lipinski definition) is 4. The highest BCUT2D eigenvalue weighted by Crippen LogP contribution is 2.29. The number of carbonyl (C=O) groups is 2. The molecule has 1 atom stereocenters. The zero-order chi connectivity index (χ0) is 14.0. The Labute approximate surface area is 115 Å². The monoisotopic (exact) mass is 283 g/mol. The van der Waals surface area contributed by atoms with Gasteiger partial charge in [0, 0.05) is 19.3 Å². The normalized spacial score (nSPS) is 22.3. The minimum Gasteiger partial charge on any atom is -0.465 e. The van der Waals surface area contributed by atoms with E-state index in [1.807, 2.05) is 11.8 Å². The van der Waals surface area contributed by atoms with Gasteiger partial charge < -0.3 is 15.3 Å². The average Bonchev–Trinajstić information content (AvgIpc) is 2.70. The summed E-state index contributed by atoms with van der Waals surface area (Å²) in [5, 5.41) is 11.6. The molecule has 102 valence electrons. The van der Waals surface area contributed by atoms with Crippen molar-refractivity contribution in [3.05, 3.63) is 23.0 Å². The van der Waals surface area contributed by atoms with Gasteiger partial charge in [-0.15, -0.1) is 0 Å². The number of nitrogens with one attached hydrogen (secondary N) is 1. The van der Waals surface area contributed by atoms with Crippen LogP contribution in [0.3, 0.4) is 0 Å².